The van der Waals surface area contributed by atoms with Crippen LogP contribution < -0.4 is 15.5 Å². The number of hydrogen-bond donors (Lipinski definition) is 2. The van der Waals surface area contributed by atoms with Crippen molar-refractivity contribution in [3.63, 3.8) is 0 Å². The lowest BCUT2D eigenvalue weighted by molar-refractivity contribution is -0.111. The van der Waals surface area contributed by atoms with Crippen LogP contribution in [0.4, 0.5) is 31.8 Å². The first-order chi connectivity index (χ1) is 17.0. The molecule has 4 aromatic rings. The largest absolute Gasteiger partial charge is 0.378 e. The maximum Gasteiger partial charge on any atom is 0.247 e. The van der Waals surface area contributed by atoms with Crippen LogP contribution in [0.3, 0.4) is 0 Å². The van der Waals surface area contributed by atoms with Gasteiger partial charge in [-0.1, -0.05) is 18.7 Å². The number of carbonyl (C=O) groups excluding carboxylic acids is 1. The number of ether oxygens (including phenoxy) is 1. The molecule has 1 aliphatic heterocycles. The SMILES string of the molecule is C=CC(=O)Nc1cccc(-c2cnn3cnc(Nc4ccc(N5CCOCC5)c(F)c4F)nc23)c1. The van der Waals surface area contributed by atoms with E-state index in [1.807, 2.05) is 6.07 Å². The molecule has 0 spiro atoms. The van der Waals surface area contributed by atoms with E-state index in [0.717, 1.165) is 5.56 Å². The van der Waals surface area contributed by atoms with Crippen LogP contribution in [0.5, 0.6) is 0 Å². The summed E-state index contributed by atoms with van der Waals surface area (Å²) in [7, 11) is 0. The fourth-order valence-electron chi connectivity index (χ4n) is 3.82. The van der Waals surface area contributed by atoms with E-state index in [1.165, 1.54) is 29.1 Å². The number of aromatic nitrogens is 4. The van der Waals surface area contributed by atoms with Crippen LogP contribution in [-0.4, -0.2) is 51.8 Å². The molecule has 1 fully saturated rings. The molecule has 9 nitrogen and oxygen atoms in total. The molecule has 2 aromatic heterocycles. The van der Waals surface area contributed by atoms with Gasteiger partial charge in [0, 0.05) is 24.3 Å². The molecule has 2 N–H and O–H groups in total. The summed E-state index contributed by atoms with van der Waals surface area (Å²) in [5.74, 6) is -2.21. The lowest BCUT2D eigenvalue weighted by Gasteiger charge is -2.29. The average molecular weight is 477 g/mol. The van der Waals surface area contributed by atoms with Gasteiger partial charge in [-0.15, -0.1) is 0 Å². The molecule has 178 valence electrons. The molecule has 2 aromatic carbocycles. The summed E-state index contributed by atoms with van der Waals surface area (Å²) in [5.41, 5.74) is 2.55. The van der Waals surface area contributed by atoms with E-state index in [0.29, 0.717) is 43.2 Å². The maximum absolute atomic E-state index is 14.9. The fourth-order valence-corrected chi connectivity index (χ4v) is 3.82. The Hall–Kier alpha value is -4.38. The Balaban J connectivity index is 1.44. The van der Waals surface area contributed by atoms with E-state index in [1.54, 1.807) is 29.3 Å². The van der Waals surface area contributed by atoms with Gasteiger partial charge in [0.15, 0.2) is 17.3 Å². The Morgan fingerprint density at radius 3 is 2.77 bits per heavy atom. The second kappa shape index (κ2) is 9.47. The van der Waals surface area contributed by atoms with E-state index in [-0.39, 0.29) is 23.2 Å². The minimum Gasteiger partial charge on any atom is -0.378 e. The number of carbonyl (C=O) groups is 1. The molecule has 0 atom stereocenters. The van der Waals surface area contributed by atoms with Gasteiger partial charge >= 0.3 is 0 Å². The summed E-state index contributed by atoms with van der Waals surface area (Å²) in [6.07, 6.45) is 4.22. The summed E-state index contributed by atoms with van der Waals surface area (Å²) >= 11 is 0. The van der Waals surface area contributed by atoms with E-state index in [2.05, 4.69) is 32.3 Å². The van der Waals surface area contributed by atoms with Crippen molar-refractivity contribution < 1.29 is 18.3 Å². The number of anilines is 4. The third-order valence-corrected chi connectivity index (χ3v) is 5.56. The maximum atomic E-state index is 14.9. The van der Waals surface area contributed by atoms with E-state index >= 15 is 0 Å². The molecule has 0 unspecified atom stereocenters. The molecule has 5 rings (SSSR count). The van der Waals surface area contributed by atoms with Gasteiger partial charge in [0.05, 0.1) is 30.8 Å². The molecule has 1 aliphatic rings. The van der Waals surface area contributed by atoms with Gasteiger partial charge in [0.1, 0.15) is 6.33 Å². The minimum atomic E-state index is -1.02. The second-order valence-electron chi connectivity index (χ2n) is 7.77. The van der Waals surface area contributed by atoms with Crippen molar-refractivity contribution in [3.05, 3.63) is 73.2 Å². The van der Waals surface area contributed by atoms with Gasteiger partial charge < -0.3 is 20.3 Å². The van der Waals surface area contributed by atoms with Gasteiger partial charge in [-0.25, -0.2) is 18.3 Å². The van der Waals surface area contributed by atoms with Crippen molar-refractivity contribution in [3.8, 4) is 11.1 Å². The van der Waals surface area contributed by atoms with Crippen molar-refractivity contribution in [2.75, 3.05) is 41.8 Å². The van der Waals surface area contributed by atoms with Crippen LogP contribution >= 0.6 is 0 Å². The fraction of sp³-hybridized carbons (Fsp3) is 0.167. The molecular weight excluding hydrogens is 456 g/mol. The third-order valence-electron chi connectivity index (χ3n) is 5.56. The van der Waals surface area contributed by atoms with Gasteiger partial charge in [0.2, 0.25) is 11.9 Å². The van der Waals surface area contributed by atoms with Crippen LogP contribution in [0, 0.1) is 11.6 Å². The topological polar surface area (TPSA) is 96.7 Å². The highest BCUT2D eigenvalue weighted by Gasteiger charge is 2.21. The predicted octanol–water partition coefficient (Wildman–Crippen LogP) is 3.77. The summed E-state index contributed by atoms with van der Waals surface area (Å²) < 4.78 is 36.4. The quantitative estimate of drug-likeness (QED) is 0.408. The van der Waals surface area contributed by atoms with E-state index in [4.69, 9.17) is 4.74 Å². The van der Waals surface area contributed by atoms with Crippen molar-refractivity contribution in [1.29, 1.82) is 0 Å². The molecule has 11 heteroatoms. The van der Waals surface area contributed by atoms with Gasteiger partial charge in [-0.3, -0.25) is 4.79 Å². The first-order valence-corrected chi connectivity index (χ1v) is 10.9. The number of fused-ring (bicyclic) bond motifs is 1. The number of nitrogens with one attached hydrogen (secondary N) is 2. The third kappa shape index (κ3) is 4.53. The standard InChI is InChI=1S/C24H21F2N7O2/c1-2-20(34)29-16-5-3-4-15(12-16)17-13-28-33-14-27-24(31-23(17)33)30-18-6-7-19(22(26)21(18)25)32-8-10-35-11-9-32/h2-7,12-14H,1,8-11H2,(H,29,34)(H,30,31). The summed E-state index contributed by atoms with van der Waals surface area (Å²) in [5, 5.41) is 9.72. The summed E-state index contributed by atoms with van der Waals surface area (Å²) in [6.45, 7) is 5.36. The molecule has 3 heterocycles. The first kappa shape index (κ1) is 22.4. The predicted molar refractivity (Wildman–Crippen MR) is 128 cm³/mol. The van der Waals surface area contributed by atoms with Crippen molar-refractivity contribution in [2.24, 2.45) is 0 Å². The average Bonchev–Trinajstić information content (AvgIpc) is 3.31. The second-order valence-corrected chi connectivity index (χ2v) is 7.77. The smallest absolute Gasteiger partial charge is 0.247 e. The molecular formula is C24H21F2N7O2. The summed E-state index contributed by atoms with van der Waals surface area (Å²) in [4.78, 5) is 22.0. The van der Waals surface area contributed by atoms with E-state index in [9.17, 15) is 13.6 Å². The van der Waals surface area contributed by atoms with Crippen molar-refractivity contribution in [1.82, 2.24) is 19.6 Å². The van der Waals surface area contributed by atoms with Crippen molar-refractivity contribution >= 4 is 34.6 Å². The van der Waals surface area contributed by atoms with Crippen LogP contribution in [-0.2, 0) is 9.53 Å². The lowest BCUT2D eigenvalue weighted by atomic mass is 10.1. The number of halogens is 2. The molecule has 35 heavy (non-hydrogen) atoms. The minimum absolute atomic E-state index is 0.0767. The number of rotatable bonds is 6. The molecule has 0 saturated carbocycles. The monoisotopic (exact) mass is 477 g/mol. The highest BCUT2D eigenvalue weighted by molar-refractivity contribution is 5.99. The zero-order chi connectivity index (χ0) is 24.4. The van der Waals surface area contributed by atoms with Gasteiger partial charge in [-0.05, 0) is 35.9 Å². The molecule has 0 bridgehead atoms. The Morgan fingerprint density at radius 2 is 1.97 bits per heavy atom. The van der Waals surface area contributed by atoms with Crippen molar-refractivity contribution in [2.45, 2.75) is 0 Å². The molecule has 1 amide bonds. The Labute approximate surface area is 199 Å². The number of morpholine rings is 1. The lowest BCUT2D eigenvalue weighted by Crippen LogP contribution is -2.36. The number of hydrogen-bond acceptors (Lipinski definition) is 7. The number of nitrogens with zero attached hydrogens (tertiary/aromatic N) is 5. The normalized spacial score (nSPS) is 13.6. The number of amides is 1. The van der Waals surface area contributed by atoms with Crippen LogP contribution in [0.1, 0.15) is 0 Å². The first-order valence-electron chi connectivity index (χ1n) is 10.9. The zero-order valence-electron chi connectivity index (χ0n) is 18.5. The highest BCUT2D eigenvalue weighted by atomic mass is 19.2. The Bertz CT molecular complexity index is 1420. The summed E-state index contributed by atoms with van der Waals surface area (Å²) in [6, 6.07) is 10.1. The van der Waals surface area contributed by atoms with Crippen LogP contribution in [0.2, 0.25) is 0 Å². The van der Waals surface area contributed by atoms with Crippen LogP contribution in [0.15, 0.2) is 61.6 Å². The molecule has 0 radical (unpaired) electrons. The zero-order valence-corrected chi connectivity index (χ0v) is 18.5. The Morgan fingerprint density at radius 1 is 1.14 bits per heavy atom. The van der Waals surface area contributed by atoms with E-state index < -0.39 is 11.6 Å². The van der Waals surface area contributed by atoms with Crippen LogP contribution in [0.25, 0.3) is 16.8 Å². The molecule has 0 aliphatic carbocycles. The van der Waals surface area contributed by atoms with Gasteiger partial charge in [0.25, 0.3) is 0 Å². The molecule has 1 saturated heterocycles. The number of benzene rings is 2. The van der Waals surface area contributed by atoms with Gasteiger partial charge in [-0.2, -0.15) is 10.1 Å². The highest BCUT2D eigenvalue weighted by Crippen LogP contribution is 2.30. The Kier molecular flexibility index (Phi) is 6.06.